The fourth-order valence-corrected chi connectivity index (χ4v) is 2.76. The van der Waals surface area contributed by atoms with Crippen molar-refractivity contribution in [3.05, 3.63) is 52.8 Å². The van der Waals surface area contributed by atoms with Crippen molar-refractivity contribution in [1.29, 1.82) is 0 Å². The van der Waals surface area contributed by atoms with Crippen LogP contribution in [0.3, 0.4) is 0 Å². The quantitative estimate of drug-likeness (QED) is 0.729. The second kappa shape index (κ2) is 6.09. The van der Waals surface area contributed by atoms with Crippen molar-refractivity contribution in [2.75, 3.05) is 13.2 Å². The molecule has 0 radical (unpaired) electrons. The van der Waals surface area contributed by atoms with E-state index in [0.29, 0.717) is 47.7 Å². The zero-order valence-electron chi connectivity index (χ0n) is 12.4. The van der Waals surface area contributed by atoms with Crippen molar-refractivity contribution in [3.8, 4) is 22.9 Å². The average molecular weight is 347 g/mol. The normalized spacial score (nSPS) is 13.1. The highest BCUT2D eigenvalue weighted by atomic mass is 35.5. The van der Waals surface area contributed by atoms with Gasteiger partial charge in [0, 0.05) is 5.56 Å². The fraction of sp³-hybridized carbons (Fsp3) is 0.188. The summed E-state index contributed by atoms with van der Waals surface area (Å²) in [7, 11) is 0. The van der Waals surface area contributed by atoms with Gasteiger partial charge in [-0.25, -0.2) is 4.39 Å². The minimum atomic E-state index is -0.345. The van der Waals surface area contributed by atoms with Gasteiger partial charge in [0.05, 0.1) is 11.6 Å². The first kappa shape index (κ1) is 14.9. The van der Waals surface area contributed by atoms with Crippen molar-refractivity contribution in [2.45, 2.75) is 6.54 Å². The highest BCUT2D eigenvalue weighted by Crippen LogP contribution is 2.38. The van der Waals surface area contributed by atoms with E-state index in [2.05, 4.69) is 15.4 Å². The number of aromatic nitrogens is 4. The van der Waals surface area contributed by atoms with Crippen LogP contribution in [0.15, 0.2) is 36.4 Å². The van der Waals surface area contributed by atoms with E-state index in [1.54, 1.807) is 18.2 Å². The zero-order chi connectivity index (χ0) is 16.5. The maximum atomic E-state index is 13.3. The number of hydrogen-bond acceptors (Lipinski definition) is 5. The van der Waals surface area contributed by atoms with Crippen molar-refractivity contribution in [3.63, 3.8) is 0 Å². The maximum absolute atomic E-state index is 13.3. The summed E-state index contributed by atoms with van der Waals surface area (Å²) < 4.78 is 24.3. The summed E-state index contributed by atoms with van der Waals surface area (Å²) in [4.78, 5) is 1.42. The second-order valence-corrected chi connectivity index (χ2v) is 5.66. The third kappa shape index (κ3) is 2.90. The third-order valence-electron chi connectivity index (χ3n) is 3.52. The molecule has 1 aromatic heterocycles. The smallest absolute Gasteiger partial charge is 0.205 e. The molecule has 122 valence electrons. The Kier molecular flexibility index (Phi) is 3.78. The van der Waals surface area contributed by atoms with Gasteiger partial charge in [0.25, 0.3) is 0 Å². The van der Waals surface area contributed by atoms with Crippen LogP contribution < -0.4 is 9.47 Å². The minimum Gasteiger partial charge on any atom is -0.486 e. The molecule has 24 heavy (non-hydrogen) atoms. The van der Waals surface area contributed by atoms with Crippen LogP contribution in [0.2, 0.25) is 5.02 Å². The van der Waals surface area contributed by atoms with Crippen molar-refractivity contribution in [2.24, 2.45) is 0 Å². The van der Waals surface area contributed by atoms with Crippen molar-refractivity contribution >= 4 is 11.6 Å². The van der Waals surface area contributed by atoms with Crippen LogP contribution in [0, 0.1) is 5.82 Å². The minimum absolute atomic E-state index is 0.345. The maximum Gasteiger partial charge on any atom is 0.205 e. The topological polar surface area (TPSA) is 62.1 Å². The largest absolute Gasteiger partial charge is 0.486 e. The van der Waals surface area contributed by atoms with Crippen molar-refractivity contribution < 1.29 is 13.9 Å². The molecular formula is C16H12ClFN4O2. The molecule has 0 fully saturated rings. The van der Waals surface area contributed by atoms with Crippen LogP contribution in [0.25, 0.3) is 11.4 Å². The molecule has 3 aromatic rings. The number of benzene rings is 2. The molecule has 0 saturated heterocycles. The Bertz CT molecular complexity index is 900. The molecule has 2 aromatic carbocycles. The summed E-state index contributed by atoms with van der Waals surface area (Å²) in [5.41, 5.74) is 1.42. The second-order valence-electron chi connectivity index (χ2n) is 5.26. The molecule has 0 N–H and O–H groups in total. The van der Waals surface area contributed by atoms with Gasteiger partial charge >= 0.3 is 0 Å². The lowest BCUT2D eigenvalue weighted by Crippen LogP contribution is -2.16. The van der Waals surface area contributed by atoms with Gasteiger partial charge in [-0.05, 0) is 35.0 Å². The van der Waals surface area contributed by atoms with Gasteiger partial charge in [0.15, 0.2) is 11.5 Å². The van der Waals surface area contributed by atoms with E-state index >= 15 is 0 Å². The standard InChI is InChI=1S/C16H12ClFN4O2/c17-13-6-10(7-14-15(13)24-5-4-23-14)9-22-20-16(19-21-22)11-2-1-3-12(18)8-11/h1-3,6-8H,4-5,9H2. The number of nitrogens with zero attached hydrogens (tertiary/aromatic N) is 4. The highest BCUT2D eigenvalue weighted by Gasteiger charge is 2.17. The molecule has 0 aliphatic carbocycles. The lowest BCUT2D eigenvalue weighted by Gasteiger charge is -2.20. The Hall–Kier alpha value is -2.67. The van der Waals surface area contributed by atoms with Gasteiger partial charge in [0.1, 0.15) is 19.0 Å². The summed E-state index contributed by atoms with van der Waals surface area (Å²) in [6.45, 7) is 1.32. The predicted molar refractivity (Wildman–Crippen MR) is 84.8 cm³/mol. The number of fused-ring (bicyclic) bond motifs is 1. The first-order chi connectivity index (χ1) is 11.7. The van der Waals surface area contributed by atoms with Crippen molar-refractivity contribution in [1.82, 2.24) is 20.2 Å². The summed E-state index contributed by atoms with van der Waals surface area (Å²) in [5, 5.41) is 12.7. The molecule has 0 amide bonds. The average Bonchev–Trinajstić information content (AvgIpc) is 3.03. The van der Waals surface area contributed by atoms with Gasteiger partial charge < -0.3 is 9.47 Å². The van der Waals surface area contributed by atoms with Crippen LogP contribution >= 0.6 is 11.6 Å². The summed E-state index contributed by atoms with van der Waals surface area (Å²) in [6, 6.07) is 9.68. The molecular weight excluding hydrogens is 335 g/mol. The number of tetrazole rings is 1. The Morgan fingerprint density at radius 3 is 2.92 bits per heavy atom. The summed E-state index contributed by atoms with van der Waals surface area (Å²) in [6.07, 6.45) is 0. The third-order valence-corrected chi connectivity index (χ3v) is 3.80. The summed E-state index contributed by atoms with van der Waals surface area (Å²) in [5.74, 6) is 1.17. The molecule has 8 heteroatoms. The first-order valence-electron chi connectivity index (χ1n) is 7.31. The molecule has 0 unspecified atom stereocenters. The molecule has 4 rings (SSSR count). The van der Waals surface area contributed by atoms with Crippen LogP contribution in [-0.4, -0.2) is 33.4 Å². The van der Waals surface area contributed by atoms with Gasteiger partial charge in [-0.15, -0.1) is 10.2 Å². The van der Waals surface area contributed by atoms with Gasteiger partial charge in [-0.3, -0.25) is 0 Å². The molecule has 1 aliphatic heterocycles. The van der Waals surface area contributed by atoms with Gasteiger partial charge in [0.2, 0.25) is 5.82 Å². The SMILES string of the molecule is Fc1cccc(-c2nnn(Cc3cc(Cl)c4c(c3)OCCO4)n2)c1. The molecule has 6 nitrogen and oxygen atoms in total. The van der Waals surface area contributed by atoms with E-state index in [4.69, 9.17) is 21.1 Å². The van der Waals surface area contributed by atoms with Crippen LogP contribution in [0.5, 0.6) is 11.5 Å². The highest BCUT2D eigenvalue weighted by molar-refractivity contribution is 6.32. The van der Waals surface area contributed by atoms with E-state index in [0.717, 1.165) is 5.56 Å². The van der Waals surface area contributed by atoms with E-state index < -0.39 is 0 Å². The number of hydrogen-bond donors (Lipinski definition) is 0. The number of ether oxygens (including phenoxy) is 2. The summed E-state index contributed by atoms with van der Waals surface area (Å²) >= 11 is 6.22. The lowest BCUT2D eigenvalue weighted by atomic mass is 10.2. The van der Waals surface area contributed by atoms with Gasteiger partial charge in [-0.1, -0.05) is 23.7 Å². The van der Waals surface area contributed by atoms with Crippen LogP contribution in [0.4, 0.5) is 4.39 Å². The first-order valence-corrected chi connectivity index (χ1v) is 7.68. The zero-order valence-corrected chi connectivity index (χ0v) is 13.2. The Balaban J connectivity index is 1.59. The van der Waals surface area contributed by atoms with Gasteiger partial charge in [-0.2, -0.15) is 4.80 Å². The Morgan fingerprint density at radius 2 is 2.04 bits per heavy atom. The fourth-order valence-electron chi connectivity index (χ4n) is 2.47. The molecule has 1 aliphatic rings. The predicted octanol–water partition coefficient (Wildman–Crippen LogP) is 2.95. The monoisotopic (exact) mass is 346 g/mol. The lowest BCUT2D eigenvalue weighted by molar-refractivity contribution is 0.171. The molecule has 0 spiro atoms. The molecule has 2 heterocycles. The Morgan fingerprint density at radius 1 is 1.17 bits per heavy atom. The molecule has 0 atom stereocenters. The number of rotatable bonds is 3. The number of halogens is 2. The molecule has 0 saturated carbocycles. The van der Waals surface area contributed by atoms with E-state index in [1.807, 2.05) is 6.07 Å². The van der Waals surface area contributed by atoms with Crippen LogP contribution in [-0.2, 0) is 6.54 Å². The van der Waals surface area contributed by atoms with E-state index in [9.17, 15) is 4.39 Å². The Labute approximate surface area is 141 Å². The van der Waals surface area contributed by atoms with E-state index in [1.165, 1.54) is 16.9 Å². The van der Waals surface area contributed by atoms with Crippen LogP contribution in [0.1, 0.15) is 5.56 Å². The van der Waals surface area contributed by atoms with E-state index in [-0.39, 0.29) is 5.82 Å². The molecule has 0 bridgehead atoms.